The second-order valence-electron chi connectivity index (χ2n) is 1.29. The van der Waals surface area contributed by atoms with Gasteiger partial charge in [0.15, 0.2) is 0 Å². The van der Waals surface area contributed by atoms with E-state index in [-0.39, 0.29) is 0 Å². The zero-order valence-corrected chi connectivity index (χ0v) is 4.92. The second kappa shape index (κ2) is 3.65. The molecule has 0 spiro atoms. The summed E-state index contributed by atoms with van der Waals surface area (Å²) < 4.78 is 0. The fourth-order valence-electron chi connectivity index (χ4n) is 0.230. The highest BCUT2D eigenvalue weighted by molar-refractivity contribution is 5.93. The minimum absolute atomic E-state index is 0.419. The van der Waals surface area contributed by atoms with Crippen LogP contribution in [0.2, 0.25) is 0 Å². The molecule has 0 unspecified atom stereocenters. The Balaban J connectivity index is 3.71. The maximum atomic E-state index is 10.3. The van der Waals surface area contributed by atoms with Crippen LogP contribution in [-0.2, 0) is 9.59 Å². The molecule has 0 aliphatic heterocycles. The average molecular weight is 129 g/mol. The molecule has 2 N–H and O–H groups in total. The normalized spacial score (nSPS) is 9.44. The highest BCUT2D eigenvalue weighted by Gasteiger charge is 1.89. The lowest BCUT2D eigenvalue weighted by Gasteiger charge is -1.85. The number of carboxylic acids is 1. The van der Waals surface area contributed by atoms with Crippen LogP contribution < -0.4 is 5.32 Å². The molecule has 0 saturated carbocycles. The number of rotatable bonds is 2. The van der Waals surface area contributed by atoms with E-state index < -0.39 is 11.9 Å². The quantitative estimate of drug-likeness (QED) is 0.488. The van der Waals surface area contributed by atoms with Gasteiger partial charge in [-0.2, -0.15) is 0 Å². The fourth-order valence-corrected chi connectivity index (χ4v) is 0.230. The van der Waals surface area contributed by atoms with Crippen LogP contribution in [0.1, 0.15) is 0 Å². The van der Waals surface area contributed by atoms with Crippen LogP contribution >= 0.6 is 0 Å². The molecule has 4 nitrogen and oxygen atoms in total. The molecule has 50 valence electrons. The molecule has 0 saturated heterocycles. The molecule has 0 heterocycles. The van der Waals surface area contributed by atoms with Crippen LogP contribution in [0.5, 0.6) is 0 Å². The predicted octanol–water partition coefficient (Wildman–Crippen LogP) is -0.627. The molecule has 0 radical (unpaired) electrons. The Kier molecular flexibility index (Phi) is 3.12. The van der Waals surface area contributed by atoms with Crippen molar-refractivity contribution in [2.45, 2.75) is 0 Å². The predicted molar refractivity (Wildman–Crippen MR) is 30.8 cm³/mol. The van der Waals surface area contributed by atoms with Crippen molar-refractivity contribution >= 4 is 11.9 Å². The van der Waals surface area contributed by atoms with Gasteiger partial charge in [0, 0.05) is 19.2 Å². The van der Waals surface area contributed by atoms with E-state index in [1.165, 1.54) is 7.05 Å². The van der Waals surface area contributed by atoms with Crippen LogP contribution in [0.4, 0.5) is 0 Å². The zero-order valence-electron chi connectivity index (χ0n) is 4.92. The summed E-state index contributed by atoms with van der Waals surface area (Å²) >= 11 is 0. The third kappa shape index (κ3) is 4.53. The van der Waals surface area contributed by atoms with E-state index in [4.69, 9.17) is 5.11 Å². The van der Waals surface area contributed by atoms with Crippen molar-refractivity contribution < 1.29 is 14.7 Å². The summed E-state index contributed by atoms with van der Waals surface area (Å²) in [4.78, 5) is 20.0. The van der Waals surface area contributed by atoms with E-state index in [9.17, 15) is 9.59 Å². The molecule has 0 fully saturated rings. The third-order valence-electron chi connectivity index (χ3n) is 0.624. The van der Waals surface area contributed by atoms with E-state index >= 15 is 0 Å². The molecule has 0 aliphatic rings. The van der Waals surface area contributed by atoms with Crippen LogP contribution in [0, 0.1) is 0 Å². The first kappa shape index (κ1) is 7.68. The van der Waals surface area contributed by atoms with Gasteiger partial charge in [0.05, 0.1) is 0 Å². The number of nitrogens with one attached hydrogen (secondary N) is 1. The second-order valence-corrected chi connectivity index (χ2v) is 1.29. The number of carbonyl (C=O) groups is 2. The summed E-state index contributed by atoms with van der Waals surface area (Å²) in [6.45, 7) is 0. The Morgan fingerprint density at radius 1 is 1.44 bits per heavy atom. The van der Waals surface area contributed by atoms with Crippen LogP contribution in [0.25, 0.3) is 0 Å². The largest absolute Gasteiger partial charge is 0.478 e. The van der Waals surface area contributed by atoms with Crippen molar-refractivity contribution in [2.75, 3.05) is 7.05 Å². The number of carbonyl (C=O) groups excluding carboxylic acids is 1. The molecule has 0 atom stereocenters. The van der Waals surface area contributed by atoms with E-state index in [0.29, 0.717) is 0 Å². The van der Waals surface area contributed by atoms with E-state index in [0.717, 1.165) is 12.2 Å². The van der Waals surface area contributed by atoms with E-state index in [1.807, 2.05) is 0 Å². The SMILES string of the molecule is CNC(=O)/C=C/C(=O)O. The van der Waals surface area contributed by atoms with Gasteiger partial charge in [-0.25, -0.2) is 4.79 Å². The van der Waals surface area contributed by atoms with Gasteiger partial charge < -0.3 is 10.4 Å². The minimum Gasteiger partial charge on any atom is -0.478 e. The van der Waals surface area contributed by atoms with Crippen molar-refractivity contribution in [2.24, 2.45) is 0 Å². The number of carboxylic acid groups (broad SMARTS) is 1. The van der Waals surface area contributed by atoms with Gasteiger partial charge in [0.25, 0.3) is 0 Å². The molecule has 0 aromatic rings. The standard InChI is InChI=1S/C5H7NO3/c1-6-4(7)2-3-5(8)9/h2-3H,1H3,(H,6,7)(H,8,9)/b3-2+. The van der Waals surface area contributed by atoms with Gasteiger partial charge in [-0.15, -0.1) is 0 Å². The molecule has 0 rings (SSSR count). The van der Waals surface area contributed by atoms with E-state index in [1.54, 1.807) is 0 Å². The average Bonchev–Trinajstić information content (AvgIpc) is 1.83. The third-order valence-corrected chi connectivity index (χ3v) is 0.624. The molecule has 1 amide bonds. The molecule has 4 heteroatoms. The van der Waals surface area contributed by atoms with Crippen LogP contribution in [0.3, 0.4) is 0 Å². The van der Waals surface area contributed by atoms with Crippen molar-refractivity contribution in [1.82, 2.24) is 5.32 Å². The number of aliphatic carboxylic acids is 1. The first-order valence-corrected chi connectivity index (χ1v) is 2.29. The lowest BCUT2D eigenvalue weighted by Crippen LogP contribution is -2.14. The lowest BCUT2D eigenvalue weighted by atomic mass is 10.5. The Morgan fingerprint density at radius 2 is 2.00 bits per heavy atom. The Morgan fingerprint density at radius 3 is 2.33 bits per heavy atom. The topological polar surface area (TPSA) is 66.4 Å². The Bertz CT molecular complexity index is 150. The maximum Gasteiger partial charge on any atom is 0.328 e. The molecular formula is C5H7NO3. The van der Waals surface area contributed by atoms with Gasteiger partial charge in [-0.1, -0.05) is 0 Å². The maximum absolute atomic E-state index is 10.3. The minimum atomic E-state index is -1.13. The highest BCUT2D eigenvalue weighted by atomic mass is 16.4. The van der Waals surface area contributed by atoms with Crippen molar-refractivity contribution in [3.63, 3.8) is 0 Å². The summed E-state index contributed by atoms with van der Waals surface area (Å²) in [6.07, 6.45) is 1.72. The fraction of sp³-hybridized carbons (Fsp3) is 0.200. The highest BCUT2D eigenvalue weighted by Crippen LogP contribution is 1.71. The van der Waals surface area contributed by atoms with E-state index in [2.05, 4.69) is 5.32 Å². The lowest BCUT2D eigenvalue weighted by molar-refractivity contribution is -0.131. The molecule has 9 heavy (non-hydrogen) atoms. The molecular weight excluding hydrogens is 122 g/mol. The summed E-state index contributed by atoms with van der Waals surface area (Å²) in [5.74, 6) is -1.55. The summed E-state index contributed by atoms with van der Waals surface area (Å²) in [5, 5.41) is 10.2. The Hall–Kier alpha value is -1.32. The van der Waals surface area contributed by atoms with Gasteiger partial charge in [-0.3, -0.25) is 4.79 Å². The summed E-state index contributed by atoms with van der Waals surface area (Å²) in [7, 11) is 1.43. The van der Waals surface area contributed by atoms with Gasteiger partial charge >= 0.3 is 5.97 Å². The number of hydrogen-bond donors (Lipinski definition) is 2. The van der Waals surface area contributed by atoms with Crippen LogP contribution in [-0.4, -0.2) is 24.0 Å². The van der Waals surface area contributed by atoms with Crippen molar-refractivity contribution in [3.8, 4) is 0 Å². The zero-order chi connectivity index (χ0) is 7.28. The monoisotopic (exact) mass is 129 g/mol. The summed E-state index contributed by atoms with van der Waals surface area (Å²) in [5.41, 5.74) is 0. The Labute approximate surface area is 52.2 Å². The molecule has 0 aromatic carbocycles. The van der Waals surface area contributed by atoms with Gasteiger partial charge in [0.2, 0.25) is 5.91 Å². The molecule has 0 aliphatic carbocycles. The first-order valence-electron chi connectivity index (χ1n) is 2.29. The number of amides is 1. The van der Waals surface area contributed by atoms with Gasteiger partial charge in [-0.05, 0) is 0 Å². The van der Waals surface area contributed by atoms with Crippen molar-refractivity contribution in [3.05, 3.63) is 12.2 Å². The number of likely N-dealkylation sites (N-methyl/N-ethyl adjacent to an activating group) is 1. The molecule has 0 bridgehead atoms. The van der Waals surface area contributed by atoms with Crippen LogP contribution in [0.15, 0.2) is 12.2 Å². The first-order chi connectivity index (χ1) is 4.16. The molecule has 0 aromatic heterocycles. The smallest absolute Gasteiger partial charge is 0.328 e. The summed E-state index contributed by atoms with van der Waals surface area (Å²) in [6, 6.07) is 0. The van der Waals surface area contributed by atoms with Crippen molar-refractivity contribution in [1.29, 1.82) is 0 Å². The number of hydrogen-bond acceptors (Lipinski definition) is 2. The van der Waals surface area contributed by atoms with Gasteiger partial charge in [0.1, 0.15) is 0 Å².